The Labute approximate surface area is 524 Å². The van der Waals surface area contributed by atoms with E-state index < -0.39 is 5.97 Å². The Bertz CT molecular complexity index is 2660. The molecule has 3 aromatic heterocycles. The van der Waals surface area contributed by atoms with E-state index in [9.17, 15) is 4.79 Å². The molecule has 6 rings (SSSR count). The van der Waals surface area contributed by atoms with Crippen LogP contribution in [0, 0.1) is 32.5 Å². The third kappa shape index (κ3) is 24.0. The number of carboxylic acid groups (broad SMARTS) is 1. The zero-order chi connectivity index (χ0) is 66.4. The van der Waals surface area contributed by atoms with Gasteiger partial charge in [-0.25, -0.2) is 0 Å². The molecule has 0 aliphatic heterocycles. The highest BCUT2D eigenvalue weighted by Crippen LogP contribution is 2.48. The zero-order valence-electron chi connectivity index (χ0n) is 61.8. The van der Waals surface area contributed by atoms with E-state index in [0.29, 0.717) is 21.7 Å². The number of aromatic nitrogens is 1. The average molecular weight is 1170 g/mol. The predicted molar refractivity (Wildman–Crippen MR) is 374 cm³/mol. The van der Waals surface area contributed by atoms with E-state index in [2.05, 4.69) is 309 Å². The van der Waals surface area contributed by atoms with E-state index in [0.717, 1.165) is 30.6 Å². The summed E-state index contributed by atoms with van der Waals surface area (Å²) in [5, 5.41) is 11.2. The number of pyridine rings is 1. The fourth-order valence-corrected chi connectivity index (χ4v) is 12.7. The van der Waals surface area contributed by atoms with Crippen LogP contribution in [0.4, 0.5) is 0 Å². The monoisotopic (exact) mass is 1170 g/mol. The van der Waals surface area contributed by atoms with Crippen molar-refractivity contribution in [2.24, 2.45) is 32.5 Å². The van der Waals surface area contributed by atoms with Crippen molar-refractivity contribution >= 4 is 17.3 Å². The number of furan rings is 1. The second-order valence-electron chi connectivity index (χ2n) is 36.5. The number of rotatable bonds is 2. The molecular formula is C79H131NO3S. The average Bonchev–Trinajstić information content (AvgIpc) is 4.10. The van der Waals surface area contributed by atoms with Crippen LogP contribution in [0.1, 0.15) is 315 Å². The van der Waals surface area contributed by atoms with Crippen LogP contribution < -0.4 is 0 Å². The first-order chi connectivity index (χ1) is 37.1. The molecule has 0 spiro atoms. The van der Waals surface area contributed by atoms with Crippen molar-refractivity contribution in [1.82, 2.24) is 4.98 Å². The number of allylic oxidation sites excluding steroid dienone is 11. The van der Waals surface area contributed by atoms with Gasteiger partial charge in [-0.15, -0.1) is 11.3 Å². The Morgan fingerprint density at radius 3 is 1.25 bits per heavy atom. The Hall–Kier alpha value is -3.96. The van der Waals surface area contributed by atoms with Crippen molar-refractivity contribution < 1.29 is 14.3 Å². The van der Waals surface area contributed by atoms with E-state index in [-0.39, 0.29) is 49.7 Å². The van der Waals surface area contributed by atoms with Crippen molar-refractivity contribution in [2.75, 3.05) is 0 Å². The van der Waals surface area contributed by atoms with Crippen molar-refractivity contribution in [2.45, 2.75) is 314 Å². The van der Waals surface area contributed by atoms with Gasteiger partial charge in [0.1, 0.15) is 5.76 Å². The summed E-state index contributed by atoms with van der Waals surface area (Å²) in [4.78, 5) is 17.0. The Kier molecular flexibility index (Phi) is 26.0. The molecule has 1 N–H and O–H groups in total. The van der Waals surface area contributed by atoms with Crippen LogP contribution in [0.25, 0.3) is 0 Å². The summed E-state index contributed by atoms with van der Waals surface area (Å²) in [5.74, 6) is 0.369. The Morgan fingerprint density at radius 1 is 0.476 bits per heavy atom. The van der Waals surface area contributed by atoms with Gasteiger partial charge in [0.15, 0.2) is 0 Å². The molecule has 0 aromatic carbocycles. The molecule has 0 saturated heterocycles. The molecule has 3 aliphatic carbocycles. The SMILES string of the molecule is CC(C)(C)C1=C(C(C)(C)C)C(CC(=O)O)=CC1.CC(C)(C)C1=C(C(C)(C)C)CC=C1.CC(C)(C)c1cccnc1C(C)(C)C.CC(C)(C)c1ccoc1C(C)(C)C.CC(C)(C)c1ccsc1C(C)(C)C.CC1=CCC(C(C)(C)C)=C1C(C)(C)C. The van der Waals surface area contributed by atoms with Crippen LogP contribution in [0.5, 0.6) is 0 Å². The van der Waals surface area contributed by atoms with Crippen molar-refractivity contribution in [3.63, 3.8) is 0 Å². The van der Waals surface area contributed by atoms with Gasteiger partial charge in [-0.1, -0.05) is 302 Å². The summed E-state index contributed by atoms with van der Waals surface area (Å²) in [7, 11) is 0. The molecule has 3 heterocycles. The van der Waals surface area contributed by atoms with Gasteiger partial charge in [0, 0.05) is 27.6 Å². The Morgan fingerprint density at radius 2 is 0.929 bits per heavy atom. The molecule has 0 saturated carbocycles. The first-order valence-corrected chi connectivity index (χ1v) is 32.6. The lowest BCUT2D eigenvalue weighted by Gasteiger charge is -2.31. The molecule has 4 nitrogen and oxygen atoms in total. The van der Waals surface area contributed by atoms with Crippen LogP contribution in [0.3, 0.4) is 0 Å². The van der Waals surface area contributed by atoms with E-state index >= 15 is 0 Å². The molecule has 0 radical (unpaired) electrons. The van der Waals surface area contributed by atoms with Gasteiger partial charge >= 0.3 is 5.97 Å². The summed E-state index contributed by atoms with van der Waals surface area (Å²) in [6, 6.07) is 8.56. The minimum absolute atomic E-state index is 0.0143. The topological polar surface area (TPSA) is 63.3 Å². The van der Waals surface area contributed by atoms with Gasteiger partial charge in [-0.3, -0.25) is 9.78 Å². The summed E-state index contributed by atoms with van der Waals surface area (Å²) in [6.45, 7) is 83.3. The molecule has 0 atom stereocenters. The second-order valence-corrected chi connectivity index (χ2v) is 37.4. The molecule has 0 unspecified atom stereocenters. The Balaban J connectivity index is 0.000000505. The first kappa shape index (κ1) is 78.1. The van der Waals surface area contributed by atoms with Gasteiger partial charge in [0.05, 0.1) is 12.7 Å². The highest BCUT2D eigenvalue weighted by atomic mass is 32.1. The van der Waals surface area contributed by atoms with Crippen LogP contribution in [-0.4, -0.2) is 16.1 Å². The number of thiophene rings is 1. The highest BCUT2D eigenvalue weighted by Gasteiger charge is 2.35. The number of aliphatic carboxylic acids is 1. The highest BCUT2D eigenvalue weighted by molar-refractivity contribution is 7.10. The van der Waals surface area contributed by atoms with Crippen LogP contribution >= 0.6 is 11.3 Å². The number of hydrogen-bond acceptors (Lipinski definition) is 4. The number of nitrogens with zero attached hydrogens (tertiary/aromatic N) is 1. The molecule has 84 heavy (non-hydrogen) atoms. The lowest BCUT2D eigenvalue weighted by molar-refractivity contribution is -0.136. The minimum atomic E-state index is -0.742. The maximum absolute atomic E-state index is 10.9. The van der Waals surface area contributed by atoms with Gasteiger partial charge in [0.2, 0.25) is 0 Å². The third-order valence-corrected chi connectivity index (χ3v) is 16.8. The molecule has 476 valence electrons. The fourth-order valence-electron chi connectivity index (χ4n) is 11.5. The van der Waals surface area contributed by atoms with Gasteiger partial charge < -0.3 is 9.52 Å². The molecule has 0 bridgehead atoms. The molecular weight excluding hydrogens is 1040 g/mol. The van der Waals surface area contributed by atoms with Crippen molar-refractivity contribution in [3.05, 3.63) is 144 Å². The largest absolute Gasteiger partial charge is 0.481 e. The number of carbonyl (C=O) groups is 1. The standard InChI is InChI=1S/C15H24O2.C14H24.C13H21N.C13H22.C12H20O.C12H20S/c1-14(2,3)11-8-7-10(9-12(16)17)13(11)15(4,5)6;1-10-8-9-11(13(2,3)4)12(10)14(5,6)7;1-12(2,3)10-8-7-9-14-11(10)13(4,5)6;1-12(2,3)10-8-7-9-11(10)13(4,5)6;2*1-11(2,3)9-7-8-13-10(9)12(4,5)6/h7H,8-9H2,1-6H3,(H,16,17);8H,9H2,1-7H3;7-9H,1-6H3;7-8H,9H2,1-6H3;2*7-8H,1-6H3. The maximum Gasteiger partial charge on any atom is 0.307 e. The third-order valence-electron chi connectivity index (χ3n) is 15.4. The van der Waals surface area contributed by atoms with E-state index in [4.69, 9.17) is 9.52 Å². The number of hydrogen-bond donors (Lipinski definition) is 1. The molecule has 3 aromatic rings. The lowest BCUT2D eigenvalue weighted by atomic mass is 9.74. The fraction of sp³-hybridized carbons (Fsp3) is 0.671. The van der Waals surface area contributed by atoms with Crippen LogP contribution in [0.15, 0.2) is 115 Å². The van der Waals surface area contributed by atoms with Crippen LogP contribution in [-0.2, 0) is 37.3 Å². The van der Waals surface area contributed by atoms with E-state index in [1.165, 1.54) is 44.0 Å². The normalized spacial score (nSPS) is 15.9. The van der Waals surface area contributed by atoms with Crippen molar-refractivity contribution in [3.8, 4) is 0 Å². The first-order valence-electron chi connectivity index (χ1n) is 31.7. The molecule has 0 fully saturated rings. The second kappa shape index (κ2) is 28.0. The predicted octanol–water partition coefficient (Wildman–Crippen LogP) is 25.1. The van der Waals surface area contributed by atoms with Gasteiger partial charge in [-0.05, 0) is 143 Å². The van der Waals surface area contributed by atoms with Gasteiger partial charge in [-0.2, -0.15) is 0 Å². The maximum atomic E-state index is 10.9. The smallest absolute Gasteiger partial charge is 0.307 e. The van der Waals surface area contributed by atoms with Gasteiger partial charge in [0.25, 0.3) is 0 Å². The minimum Gasteiger partial charge on any atom is -0.481 e. The number of carboxylic acids is 1. The summed E-state index contributed by atoms with van der Waals surface area (Å²) in [6.07, 6.45) is 16.1. The van der Waals surface area contributed by atoms with E-state index in [1.807, 2.05) is 23.6 Å². The quantitative estimate of drug-likeness (QED) is 0.278. The van der Waals surface area contributed by atoms with Crippen LogP contribution in [0.2, 0.25) is 0 Å². The zero-order valence-corrected chi connectivity index (χ0v) is 62.6. The summed E-state index contributed by atoms with van der Waals surface area (Å²) in [5.41, 5.74) is 19.4. The van der Waals surface area contributed by atoms with Crippen molar-refractivity contribution in [1.29, 1.82) is 0 Å². The lowest BCUT2D eigenvalue weighted by Crippen LogP contribution is -2.23. The summed E-state index contributed by atoms with van der Waals surface area (Å²) >= 11 is 1.88. The molecule has 0 amide bonds. The van der Waals surface area contributed by atoms with E-state index in [1.54, 1.807) is 28.6 Å². The summed E-state index contributed by atoms with van der Waals surface area (Å²) < 4.78 is 5.56. The molecule has 5 heteroatoms. The molecule has 3 aliphatic rings.